The van der Waals surface area contributed by atoms with Gasteiger partial charge in [0.15, 0.2) is 12.4 Å². The first kappa shape index (κ1) is 25.0. The van der Waals surface area contributed by atoms with Crippen LogP contribution in [0.5, 0.6) is 0 Å². The van der Waals surface area contributed by atoms with E-state index < -0.39 is 0 Å². The predicted octanol–water partition coefficient (Wildman–Crippen LogP) is 3.66. The van der Waals surface area contributed by atoms with Crippen LogP contribution in [0.1, 0.15) is 102 Å². The van der Waals surface area contributed by atoms with Crippen molar-refractivity contribution in [1.29, 1.82) is 0 Å². The lowest BCUT2D eigenvalue weighted by Gasteiger charge is -1.99. The molecule has 0 spiro atoms. The third-order valence-corrected chi connectivity index (χ3v) is 4.66. The zero-order valence-corrected chi connectivity index (χ0v) is 18.3. The molecule has 2 nitrogen and oxygen atoms in total. The Labute approximate surface area is 171 Å². The molecule has 0 fully saturated rings. The van der Waals surface area contributed by atoms with E-state index in [1.807, 2.05) is 30.6 Å². The van der Waals surface area contributed by atoms with Gasteiger partial charge < -0.3 is 17.0 Å². The number of halogens is 1. The van der Waals surface area contributed by atoms with Crippen LogP contribution in [-0.2, 0) is 0 Å². The van der Waals surface area contributed by atoms with E-state index in [1.54, 1.807) is 4.57 Å². The maximum absolute atomic E-state index is 11.9. The summed E-state index contributed by atoms with van der Waals surface area (Å²) in [7, 11) is 0. The molecule has 1 heterocycles. The van der Waals surface area contributed by atoms with Crippen LogP contribution in [0.2, 0.25) is 0 Å². The molecule has 0 amide bonds. The smallest absolute Gasteiger partial charge is 0.392 e. The number of hydrogen-bond donors (Lipinski definition) is 0. The fraction of sp³-hybridized carbons (Fsp3) is 0.652. The van der Waals surface area contributed by atoms with Crippen molar-refractivity contribution < 1.29 is 26.3 Å². The maximum atomic E-state index is 11.9. The molecule has 148 valence electrons. The largest absolute Gasteiger partial charge is 1.00 e. The van der Waals surface area contributed by atoms with E-state index in [4.69, 9.17) is 0 Å². The number of nitrogens with zero attached hydrogens (tertiary/aromatic N) is 1. The lowest BCUT2D eigenvalue weighted by atomic mass is 10.1. The van der Waals surface area contributed by atoms with E-state index in [1.165, 1.54) is 77.0 Å². The SMILES string of the molecule is CCCCCCCCC=CCCCCCCCC(=O)[n+]1ccccc1.[Br-]. The molecule has 3 heteroatoms. The van der Waals surface area contributed by atoms with Crippen molar-refractivity contribution in [1.82, 2.24) is 0 Å². The summed E-state index contributed by atoms with van der Waals surface area (Å²) in [6.07, 6.45) is 25.8. The molecule has 0 atom stereocenters. The summed E-state index contributed by atoms with van der Waals surface area (Å²) in [4.78, 5) is 11.9. The van der Waals surface area contributed by atoms with Gasteiger partial charge >= 0.3 is 5.91 Å². The molecular formula is C23H38BrNO. The Morgan fingerprint density at radius 1 is 0.731 bits per heavy atom. The molecule has 0 aliphatic heterocycles. The average Bonchev–Trinajstić information content (AvgIpc) is 2.65. The summed E-state index contributed by atoms with van der Waals surface area (Å²) >= 11 is 0. The highest BCUT2D eigenvalue weighted by Crippen LogP contribution is 2.09. The van der Waals surface area contributed by atoms with Gasteiger partial charge in [-0.15, -0.1) is 4.57 Å². The summed E-state index contributed by atoms with van der Waals surface area (Å²) in [5.74, 6) is 0.207. The van der Waals surface area contributed by atoms with Crippen molar-refractivity contribution in [3.63, 3.8) is 0 Å². The molecule has 0 aliphatic rings. The molecule has 0 radical (unpaired) electrons. The third-order valence-electron chi connectivity index (χ3n) is 4.66. The van der Waals surface area contributed by atoms with E-state index >= 15 is 0 Å². The third kappa shape index (κ3) is 14.2. The van der Waals surface area contributed by atoms with Gasteiger partial charge in [-0.3, -0.25) is 0 Å². The molecule has 1 aromatic rings. The zero-order valence-electron chi connectivity index (χ0n) is 16.7. The number of hydrogen-bond acceptors (Lipinski definition) is 1. The number of carbonyl (C=O) groups excluding carboxylic acids is 1. The lowest BCUT2D eigenvalue weighted by molar-refractivity contribution is -0.574. The van der Waals surface area contributed by atoms with Crippen LogP contribution in [0.4, 0.5) is 0 Å². The van der Waals surface area contributed by atoms with Gasteiger partial charge in [0, 0.05) is 12.1 Å². The number of carbonyl (C=O) groups is 1. The van der Waals surface area contributed by atoms with Crippen LogP contribution in [-0.4, -0.2) is 5.91 Å². The van der Waals surface area contributed by atoms with Gasteiger partial charge in [-0.1, -0.05) is 76.5 Å². The molecule has 0 saturated carbocycles. The number of unbranched alkanes of at least 4 members (excludes halogenated alkanes) is 11. The Kier molecular flexibility index (Phi) is 18.1. The van der Waals surface area contributed by atoms with Gasteiger partial charge in [-0.2, -0.15) is 0 Å². The highest BCUT2D eigenvalue weighted by atomic mass is 79.9. The van der Waals surface area contributed by atoms with E-state index in [2.05, 4.69) is 19.1 Å². The van der Waals surface area contributed by atoms with Gasteiger partial charge in [-0.25, -0.2) is 4.79 Å². The second kappa shape index (κ2) is 18.8. The van der Waals surface area contributed by atoms with Gasteiger partial charge in [-0.05, 0) is 32.1 Å². The topological polar surface area (TPSA) is 20.9 Å². The number of aromatic nitrogens is 1. The number of rotatable bonds is 15. The van der Waals surface area contributed by atoms with Gasteiger partial charge in [0.1, 0.15) is 0 Å². The Morgan fingerprint density at radius 2 is 1.23 bits per heavy atom. The molecular weight excluding hydrogens is 386 g/mol. The Balaban J connectivity index is 0.00000625. The maximum Gasteiger partial charge on any atom is 0.392 e. The van der Waals surface area contributed by atoms with Crippen LogP contribution in [0.3, 0.4) is 0 Å². The van der Waals surface area contributed by atoms with Crippen molar-refractivity contribution in [2.75, 3.05) is 0 Å². The Bertz CT molecular complexity index is 459. The monoisotopic (exact) mass is 423 g/mol. The van der Waals surface area contributed by atoms with E-state index in [0.717, 1.165) is 6.42 Å². The molecule has 26 heavy (non-hydrogen) atoms. The fourth-order valence-corrected chi connectivity index (χ4v) is 3.04. The zero-order chi connectivity index (χ0) is 18.0. The second-order valence-corrected chi connectivity index (χ2v) is 7.01. The minimum absolute atomic E-state index is 0. The minimum Gasteiger partial charge on any atom is -1.00 e. The van der Waals surface area contributed by atoms with Gasteiger partial charge in [0.2, 0.25) is 0 Å². The van der Waals surface area contributed by atoms with Crippen LogP contribution in [0.25, 0.3) is 0 Å². The average molecular weight is 424 g/mol. The molecule has 0 aromatic carbocycles. The quantitative estimate of drug-likeness (QED) is 0.239. The molecule has 1 rings (SSSR count). The van der Waals surface area contributed by atoms with Gasteiger partial charge in [0.05, 0.1) is 6.42 Å². The first-order valence-corrected chi connectivity index (χ1v) is 10.5. The molecule has 0 unspecified atom stereocenters. The van der Waals surface area contributed by atoms with Crippen LogP contribution < -0.4 is 21.5 Å². The molecule has 1 aromatic heterocycles. The normalized spacial score (nSPS) is 10.8. The van der Waals surface area contributed by atoms with Gasteiger partial charge in [0.25, 0.3) is 0 Å². The van der Waals surface area contributed by atoms with Crippen molar-refractivity contribution in [3.05, 3.63) is 42.7 Å². The van der Waals surface area contributed by atoms with E-state index in [0.29, 0.717) is 6.42 Å². The summed E-state index contributed by atoms with van der Waals surface area (Å²) in [6, 6.07) is 5.74. The van der Waals surface area contributed by atoms with Crippen molar-refractivity contribution in [2.45, 2.75) is 96.8 Å². The predicted molar refractivity (Wildman–Crippen MR) is 107 cm³/mol. The standard InChI is InChI=1S/C23H38NO.BrH/c1-2-3-4-5-6-7-8-9-10-11-12-13-14-15-17-20-23(25)24-21-18-16-19-22-24;/h9-10,16,18-19,21-22H,2-8,11-15,17,20H2,1H3;1H/q+1;/p-1. The summed E-state index contributed by atoms with van der Waals surface area (Å²) < 4.78 is 1.69. The fourth-order valence-electron chi connectivity index (χ4n) is 3.04. The van der Waals surface area contributed by atoms with Crippen molar-refractivity contribution >= 4 is 5.91 Å². The number of allylic oxidation sites excluding steroid dienone is 2. The van der Waals surface area contributed by atoms with Crippen LogP contribution in [0, 0.1) is 0 Å². The van der Waals surface area contributed by atoms with Crippen LogP contribution >= 0.6 is 0 Å². The minimum atomic E-state index is 0. The highest BCUT2D eigenvalue weighted by Gasteiger charge is 2.11. The molecule has 0 saturated heterocycles. The lowest BCUT2D eigenvalue weighted by Crippen LogP contribution is -3.00. The summed E-state index contributed by atoms with van der Waals surface area (Å²) in [6.45, 7) is 2.27. The van der Waals surface area contributed by atoms with Crippen LogP contribution in [0.15, 0.2) is 42.7 Å². The first-order chi connectivity index (χ1) is 12.3. The summed E-state index contributed by atoms with van der Waals surface area (Å²) in [5, 5.41) is 0. The Hall–Kier alpha value is -0.960. The Morgan fingerprint density at radius 3 is 1.81 bits per heavy atom. The molecule has 0 bridgehead atoms. The first-order valence-electron chi connectivity index (χ1n) is 10.5. The van der Waals surface area contributed by atoms with E-state index in [9.17, 15) is 4.79 Å². The molecule has 0 aliphatic carbocycles. The van der Waals surface area contributed by atoms with Crippen molar-refractivity contribution in [3.8, 4) is 0 Å². The van der Waals surface area contributed by atoms with E-state index in [-0.39, 0.29) is 22.9 Å². The molecule has 0 N–H and O–H groups in total. The highest BCUT2D eigenvalue weighted by molar-refractivity contribution is 5.66. The number of pyridine rings is 1. The second-order valence-electron chi connectivity index (χ2n) is 7.01. The summed E-state index contributed by atoms with van der Waals surface area (Å²) in [5.41, 5.74) is 0. The van der Waals surface area contributed by atoms with Crippen molar-refractivity contribution in [2.24, 2.45) is 0 Å².